The summed E-state index contributed by atoms with van der Waals surface area (Å²) in [6, 6.07) is 5.82. The van der Waals surface area contributed by atoms with Gasteiger partial charge in [-0.2, -0.15) is 0 Å². The van der Waals surface area contributed by atoms with Gasteiger partial charge in [-0.1, -0.05) is 19.4 Å². The Labute approximate surface area is 182 Å². The first-order valence-corrected chi connectivity index (χ1v) is 10.8. The summed E-state index contributed by atoms with van der Waals surface area (Å²) in [5, 5.41) is 17.6. The van der Waals surface area contributed by atoms with Crippen molar-refractivity contribution in [3.05, 3.63) is 48.1 Å². The molecule has 0 radical (unpaired) electrons. The van der Waals surface area contributed by atoms with Gasteiger partial charge >= 0.3 is 0 Å². The predicted molar refractivity (Wildman–Crippen MR) is 124 cm³/mol. The van der Waals surface area contributed by atoms with Crippen LogP contribution in [0.5, 0.6) is 0 Å². The van der Waals surface area contributed by atoms with E-state index in [1.165, 1.54) is 6.21 Å². The van der Waals surface area contributed by atoms with E-state index in [2.05, 4.69) is 32.4 Å². The second-order valence-electron chi connectivity index (χ2n) is 8.02. The molecule has 6 N–H and O–H groups in total. The molecule has 9 nitrogen and oxygen atoms in total. The Hall–Kier alpha value is -3.33. The Morgan fingerprint density at radius 1 is 1.26 bits per heavy atom. The Bertz CT molecular complexity index is 953. The molecule has 164 valence electrons. The zero-order chi connectivity index (χ0) is 21.8. The van der Waals surface area contributed by atoms with E-state index >= 15 is 0 Å². The van der Waals surface area contributed by atoms with Crippen molar-refractivity contribution in [2.24, 2.45) is 5.73 Å². The van der Waals surface area contributed by atoms with Crippen LogP contribution in [-0.4, -0.2) is 47.9 Å². The summed E-state index contributed by atoms with van der Waals surface area (Å²) in [5.41, 5.74) is 7.74. The van der Waals surface area contributed by atoms with E-state index in [0.29, 0.717) is 28.7 Å². The van der Waals surface area contributed by atoms with Crippen LogP contribution in [0.2, 0.25) is 0 Å². The number of pyridine rings is 1. The van der Waals surface area contributed by atoms with Gasteiger partial charge in [-0.05, 0) is 31.0 Å². The van der Waals surface area contributed by atoms with E-state index in [1.807, 2.05) is 22.9 Å². The van der Waals surface area contributed by atoms with Gasteiger partial charge in [-0.15, -0.1) is 0 Å². The van der Waals surface area contributed by atoms with Gasteiger partial charge < -0.3 is 36.6 Å². The van der Waals surface area contributed by atoms with E-state index in [-0.39, 0.29) is 6.04 Å². The van der Waals surface area contributed by atoms with Crippen LogP contribution in [0.3, 0.4) is 0 Å². The Morgan fingerprint density at radius 2 is 2.00 bits per heavy atom. The number of primary amides is 1. The molecule has 1 saturated heterocycles. The maximum atomic E-state index is 12.0. The van der Waals surface area contributed by atoms with Crippen LogP contribution in [0.1, 0.15) is 47.8 Å². The van der Waals surface area contributed by atoms with Crippen molar-refractivity contribution < 1.29 is 4.79 Å². The third kappa shape index (κ3) is 4.56. The third-order valence-electron chi connectivity index (χ3n) is 5.94. The molecular weight excluding hydrogens is 392 g/mol. The molecule has 31 heavy (non-hydrogen) atoms. The van der Waals surface area contributed by atoms with Crippen molar-refractivity contribution in [3.63, 3.8) is 0 Å². The number of piperazine rings is 1. The van der Waals surface area contributed by atoms with Crippen molar-refractivity contribution in [1.82, 2.24) is 14.9 Å². The first-order chi connectivity index (χ1) is 15.1. The molecule has 2 aliphatic rings. The minimum atomic E-state index is -0.494. The molecule has 1 aliphatic carbocycles. The van der Waals surface area contributed by atoms with Gasteiger partial charge in [-0.3, -0.25) is 4.79 Å². The van der Waals surface area contributed by atoms with Gasteiger partial charge in [0.1, 0.15) is 23.2 Å². The lowest BCUT2D eigenvalue weighted by molar-refractivity contribution is 0.0989. The molecular formula is C22H30N8O. The van der Waals surface area contributed by atoms with E-state index in [4.69, 9.17) is 11.1 Å². The molecule has 1 saturated carbocycles. The van der Waals surface area contributed by atoms with Gasteiger partial charge in [0.25, 0.3) is 5.91 Å². The number of carbonyl (C=O) groups excluding carboxylic acids is 1. The number of nitrogens with one attached hydrogen (secondary N) is 4. The molecule has 1 aliphatic heterocycles. The zero-order valence-corrected chi connectivity index (χ0v) is 17.7. The fourth-order valence-corrected chi connectivity index (χ4v) is 4.42. The quantitative estimate of drug-likeness (QED) is 0.417. The highest BCUT2D eigenvalue weighted by Gasteiger charge is 2.26. The third-order valence-corrected chi connectivity index (χ3v) is 5.94. The van der Waals surface area contributed by atoms with Gasteiger partial charge in [0.2, 0.25) is 0 Å². The van der Waals surface area contributed by atoms with Crippen LogP contribution in [0.25, 0.3) is 0 Å². The van der Waals surface area contributed by atoms with Crippen molar-refractivity contribution in [1.29, 1.82) is 5.41 Å². The minimum absolute atomic E-state index is 0.183. The summed E-state index contributed by atoms with van der Waals surface area (Å²) in [6.07, 6.45) is 7.28. The van der Waals surface area contributed by atoms with Crippen LogP contribution >= 0.6 is 0 Å². The van der Waals surface area contributed by atoms with Crippen LogP contribution in [0.4, 0.5) is 17.3 Å². The SMILES string of the molecule is C=C(Nc1ccc(N2CCNCC2)cn1)Nc1c(C=N)cc(C(N)=O)n1C1CCCC1. The second kappa shape index (κ2) is 9.22. The smallest absolute Gasteiger partial charge is 0.265 e. The molecule has 3 heterocycles. The highest BCUT2D eigenvalue weighted by molar-refractivity contribution is 5.97. The van der Waals surface area contributed by atoms with E-state index in [1.54, 1.807) is 6.07 Å². The molecule has 2 aromatic rings. The molecule has 0 bridgehead atoms. The fraction of sp³-hybridized carbons (Fsp3) is 0.409. The van der Waals surface area contributed by atoms with Gasteiger partial charge in [0.05, 0.1) is 11.9 Å². The van der Waals surface area contributed by atoms with E-state index in [9.17, 15) is 4.79 Å². The van der Waals surface area contributed by atoms with Crippen molar-refractivity contribution >= 4 is 29.4 Å². The predicted octanol–water partition coefficient (Wildman–Crippen LogP) is 2.50. The van der Waals surface area contributed by atoms with Gasteiger partial charge in [0.15, 0.2) is 0 Å². The van der Waals surface area contributed by atoms with Crippen LogP contribution in [0, 0.1) is 5.41 Å². The van der Waals surface area contributed by atoms with Gasteiger partial charge in [-0.25, -0.2) is 4.98 Å². The molecule has 0 atom stereocenters. The number of carbonyl (C=O) groups is 1. The number of hydrogen-bond donors (Lipinski definition) is 5. The highest BCUT2D eigenvalue weighted by atomic mass is 16.1. The highest BCUT2D eigenvalue weighted by Crippen LogP contribution is 2.36. The standard InChI is InChI=1S/C22H30N8O/c1-15(27-20-7-6-18(14-26-20)29-10-8-25-9-11-29)28-22-16(13-23)12-19(21(24)31)30(22)17-4-2-3-5-17/h6-7,12-14,17,23,25,28H,1-5,8-11H2,(H2,24,31)(H,26,27). The van der Waals surface area contributed by atoms with Crippen LogP contribution in [0.15, 0.2) is 36.8 Å². The number of aromatic nitrogens is 2. The lowest BCUT2D eigenvalue weighted by Crippen LogP contribution is -2.43. The number of hydrogen-bond acceptors (Lipinski definition) is 7. The largest absolute Gasteiger partial charge is 0.368 e. The molecule has 9 heteroatoms. The summed E-state index contributed by atoms with van der Waals surface area (Å²) < 4.78 is 1.93. The topological polar surface area (TPSA) is 124 Å². The first kappa shape index (κ1) is 20.9. The monoisotopic (exact) mass is 422 g/mol. The Morgan fingerprint density at radius 3 is 2.61 bits per heavy atom. The van der Waals surface area contributed by atoms with Crippen molar-refractivity contribution in [2.75, 3.05) is 41.7 Å². The summed E-state index contributed by atoms with van der Waals surface area (Å²) in [4.78, 5) is 18.9. The molecule has 1 amide bonds. The molecule has 2 fully saturated rings. The summed E-state index contributed by atoms with van der Waals surface area (Å²) >= 11 is 0. The summed E-state index contributed by atoms with van der Waals surface area (Å²) in [6.45, 7) is 7.96. The van der Waals surface area contributed by atoms with E-state index < -0.39 is 5.91 Å². The van der Waals surface area contributed by atoms with Gasteiger partial charge in [0, 0.05) is 44.0 Å². The molecule has 0 aromatic carbocycles. The van der Waals surface area contributed by atoms with Crippen molar-refractivity contribution in [2.45, 2.75) is 31.7 Å². The van der Waals surface area contributed by atoms with Crippen molar-refractivity contribution in [3.8, 4) is 0 Å². The summed E-state index contributed by atoms with van der Waals surface area (Å²) in [5.74, 6) is 1.35. The van der Waals surface area contributed by atoms with Crippen LogP contribution < -0.4 is 26.6 Å². The number of anilines is 3. The average Bonchev–Trinajstić information content (AvgIpc) is 3.42. The molecule has 0 spiro atoms. The van der Waals surface area contributed by atoms with Crippen LogP contribution in [-0.2, 0) is 0 Å². The normalized spacial score (nSPS) is 16.8. The maximum Gasteiger partial charge on any atom is 0.265 e. The fourth-order valence-electron chi connectivity index (χ4n) is 4.42. The number of amides is 1. The molecule has 4 rings (SSSR count). The summed E-state index contributed by atoms with van der Waals surface area (Å²) in [7, 11) is 0. The number of rotatable bonds is 8. The minimum Gasteiger partial charge on any atom is -0.368 e. The second-order valence-corrected chi connectivity index (χ2v) is 8.02. The lowest BCUT2D eigenvalue weighted by atomic mass is 10.2. The molecule has 0 unspecified atom stereocenters. The average molecular weight is 423 g/mol. The Balaban J connectivity index is 1.50. The Kier molecular flexibility index (Phi) is 6.22. The number of nitrogens with two attached hydrogens (primary N) is 1. The maximum absolute atomic E-state index is 12.0. The zero-order valence-electron chi connectivity index (χ0n) is 17.7. The first-order valence-electron chi connectivity index (χ1n) is 10.8. The van der Waals surface area contributed by atoms with E-state index in [0.717, 1.165) is 57.5 Å². The molecule has 2 aromatic heterocycles. The number of nitrogens with zero attached hydrogens (tertiary/aromatic N) is 3. The lowest BCUT2D eigenvalue weighted by Gasteiger charge is -2.29.